The standard InChI is InChI=1S/C19H21BrN2O2S/c1-2-16-15(20)12-17(25-16)18(23)21-14-8-6-13(7-9-14)19(24)22-10-4-3-5-11-22/h6-9,12H,2-5,10-11H2,1H3,(H,21,23). The first-order valence-electron chi connectivity index (χ1n) is 8.57. The molecule has 3 rings (SSSR count). The van der Waals surface area contributed by atoms with Gasteiger partial charge >= 0.3 is 0 Å². The average molecular weight is 421 g/mol. The normalized spacial score (nSPS) is 14.4. The number of halogens is 1. The molecule has 1 aromatic heterocycles. The number of hydrogen-bond donors (Lipinski definition) is 1. The molecule has 132 valence electrons. The highest BCUT2D eigenvalue weighted by molar-refractivity contribution is 9.10. The quantitative estimate of drug-likeness (QED) is 0.760. The number of likely N-dealkylation sites (tertiary alicyclic amines) is 1. The van der Waals surface area contributed by atoms with Gasteiger partial charge in [0.1, 0.15) is 0 Å². The molecule has 2 heterocycles. The van der Waals surface area contributed by atoms with Crippen LogP contribution in [-0.2, 0) is 6.42 Å². The van der Waals surface area contributed by atoms with Crippen molar-refractivity contribution in [2.24, 2.45) is 0 Å². The maximum atomic E-state index is 12.5. The number of nitrogens with one attached hydrogen (secondary N) is 1. The molecular formula is C19H21BrN2O2S. The zero-order valence-corrected chi connectivity index (χ0v) is 16.6. The fourth-order valence-corrected chi connectivity index (χ4v) is 4.72. The van der Waals surface area contributed by atoms with E-state index >= 15 is 0 Å². The lowest BCUT2D eigenvalue weighted by atomic mass is 10.1. The number of piperidine rings is 1. The molecule has 2 amide bonds. The van der Waals surface area contributed by atoms with Crippen LogP contribution in [0.1, 0.15) is 51.1 Å². The Morgan fingerprint density at radius 2 is 1.84 bits per heavy atom. The highest BCUT2D eigenvalue weighted by atomic mass is 79.9. The summed E-state index contributed by atoms with van der Waals surface area (Å²) in [5.74, 6) is -0.0483. The molecule has 25 heavy (non-hydrogen) atoms. The first-order valence-corrected chi connectivity index (χ1v) is 10.2. The Morgan fingerprint density at radius 3 is 2.44 bits per heavy atom. The summed E-state index contributed by atoms with van der Waals surface area (Å²) >= 11 is 4.98. The average Bonchev–Trinajstić information content (AvgIpc) is 3.03. The van der Waals surface area contributed by atoms with Crippen LogP contribution < -0.4 is 5.32 Å². The van der Waals surface area contributed by atoms with Gasteiger partial charge in [0.05, 0.1) is 4.88 Å². The number of thiophene rings is 1. The Labute approximate surface area is 160 Å². The molecule has 1 fully saturated rings. The fraction of sp³-hybridized carbons (Fsp3) is 0.368. The molecule has 0 spiro atoms. The monoisotopic (exact) mass is 420 g/mol. The highest BCUT2D eigenvalue weighted by Gasteiger charge is 2.18. The third kappa shape index (κ3) is 4.30. The molecule has 1 saturated heterocycles. The molecule has 0 radical (unpaired) electrons. The highest BCUT2D eigenvalue weighted by Crippen LogP contribution is 2.28. The molecule has 0 unspecified atom stereocenters. The van der Waals surface area contributed by atoms with Gasteiger partial charge in [0.25, 0.3) is 11.8 Å². The first kappa shape index (κ1) is 18.1. The van der Waals surface area contributed by atoms with Crippen LogP contribution in [0.25, 0.3) is 0 Å². The molecule has 4 nitrogen and oxygen atoms in total. The smallest absolute Gasteiger partial charge is 0.265 e. The Hall–Kier alpha value is -1.66. The van der Waals surface area contributed by atoms with Gasteiger partial charge in [-0.25, -0.2) is 0 Å². The summed E-state index contributed by atoms with van der Waals surface area (Å²) in [4.78, 5) is 28.6. The van der Waals surface area contributed by atoms with E-state index in [1.807, 2.05) is 11.0 Å². The topological polar surface area (TPSA) is 49.4 Å². The van der Waals surface area contributed by atoms with Crippen molar-refractivity contribution < 1.29 is 9.59 Å². The predicted molar refractivity (Wildman–Crippen MR) is 106 cm³/mol. The minimum atomic E-state index is -0.125. The van der Waals surface area contributed by atoms with Crippen LogP contribution in [0.2, 0.25) is 0 Å². The predicted octanol–water partition coefficient (Wildman–Crippen LogP) is 4.95. The fourth-order valence-electron chi connectivity index (χ4n) is 2.93. The van der Waals surface area contributed by atoms with E-state index in [2.05, 4.69) is 28.2 Å². The number of amides is 2. The van der Waals surface area contributed by atoms with Gasteiger partial charge in [-0.1, -0.05) is 6.92 Å². The largest absolute Gasteiger partial charge is 0.339 e. The zero-order valence-electron chi connectivity index (χ0n) is 14.2. The lowest BCUT2D eigenvalue weighted by Crippen LogP contribution is -2.35. The number of carbonyl (C=O) groups is 2. The minimum absolute atomic E-state index is 0.0763. The summed E-state index contributed by atoms with van der Waals surface area (Å²) in [7, 11) is 0. The van der Waals surface area contributed by atoms with Gasteiger partial charge in [0, 0.05) is 33.7 Å². The van der Waals surface area contributed by atoms with Crippen molar-refractivity contribution in [2.75, 3.05) is 18.4 Å². The van der Waals surface area contributed by atoms with E-state index < -0.39 is 0 Å². The van der Waals surface area contributed by atoms with Gasteiger partial charge in [-0.3, -0.25) is 9.59 Å². The number of anilines is 1. The van der Waals surface area contributed by atoms with Crippen LogP contribution in [0.15, 0.2) is 34.8 Å². The third-order valence-corrected chi connectivity index (χ3v) is 6.58. The molecule has 0 atom stereocenters. The molecule has 1 N–H and O–H groups in total. The minimum Gasteiger partial charge on any atom is -0.339 e. The van der Waals surface area contributed by atoms with Gasteiger partial charge in [-0.05, 0) is 71.9 Å². The zero-order chi connectivity index (χ0) is 17.8. The van der Waals surface area contributed by atoms with Crippen LogP contribution in [0.4, 0.5) is 5.69 Å². The molecule has 0 saturated carbocycles. The van der Waals surface area contributed by atoms with E-state index in [9.17, 15) is 9.59 Å². The van der Waals surface area contributed by atoms with E-state index in [4.69, 9.17) is 0 Å². The SMILES string of the molecule is CCc1sc(C(=O)Nc2ccc(C(=O)N3CCCCC3)cc2)cc1Br. The van der Waals surface area contributed by atoms with E-state index in [1.54, 1.807) is 24.3 Å². The van der Waals surface area contributed by atoms with Crippen molar-refractivity contribution in [3.8, 4) is 0 Å². The van der Waals surface area contributed by atoms with Gasteiger partial charge in [0.2, 0.25) is 0 Å². The van der Waals surface area contributed by atoms with E-state index in [0.29, 0.717) is 16.1 Å². The van der Waals surface area contributed by atoms with Gasteiger partial charge in [0.15, 0.2) is 0 Å². The van der Waals surface area contributed by atoms with Crippen molar-refractivity contribution >= 4 is 44.8 Å². The lowest BCUT2D eigenvalue weighted by molar-refractivity contribution is 0.0724. The Bertz CT molecular complexity index is 764. The second kappa shape index (κ2) is 8.15. The van der Waals surface area contributed by atoms with Crippen molar-refractivity contribution in [1.29, 1.82) is 0 Å². The van der Waals surface area contributed by atoms with Crippen LogP contribution in [0.3, 0.4) is 0 Å². The molecule has 1 aliphatic rings. The number of benzene rings is 1. The van der Waals surface area contributed by atoms with Crippen molar-refractivity contribution in [3.05, 3.63) is 50.1 Å². The Kier molecular flexibility index (Phi) is 5.91. The molecule has 0 aliphatic carbocycles. The summed E-state index contributed by atoms with van der Waals surface area (Å²) in [6, 6.07) is 9.01. The third-order valence-electron chi connectivity index (χ3n) is 4.34. The molecule has 6 heteroatoms. The van der Waals surface area contributed by atoms with Crippen LogP contribution in [0.5, 0.6) is 0 Å². The van der Waals surface area contributed by atoms with Crippen LogP contribution >= 0.6 is 27.3 Å². The Balaban J connectivity index is 1.65. The summed E-state index contributed by atoms with van der Waals surface area (Å²) < 4.78 is 0.979. The summed E-state index contributed by atoms with van der Waals surface area (Å²) in [5, 5.41) is 2.89. The Morgan fingerprint density at radius 1 is 1.16 bits per heavy atom. The van der Waals surface area contributed by atoms with Gasteiger partial charge < -0.3 is 10.2 Å². The molecule has 0 bridgehead atoms. The summed E-state index contributed by atoms with van der Waals surface area (Å²) in [5.41, 5.74) is 1.37. The van der Waals surface area contributed by atoms with Gasteiger partial charge in [-0.2, -0.15) is 0 Å². The van der Waals surface area contributed by atoms with E-state index in [0.717, 1.165) is 41.7 Å². The number of aryl methyl sites for hydroxylation is 1. The van der Waals surface area contributed by atoms with Crippen molar-refractivity contribution in [3.63, 3.8) is 0 Å². The number of hydrogen-bond acceptors (Lipinski definition) is 3. The number of carbonyl (C=O) groups excluding carboxylic acids is 2. The lowest BCUT2D eigenvalue weighted by Gasteiger charge is -2.26. The summed E-state index contributed by atoms with van der Waals surface area (Å²) in [6.45, 7) is 3.74. The van der Waals surface area contributed by atoms with Crippen LogP contribution in [0, 0.1) is 0 Å². The second-order valence-corrected chi connectivity index (χ2v) is 8.11. The molecule has 1 aliphatic heterocycles. The maximum Gasteiger partial charge on any atom is 0.265 e. The molecule has 2 aromatic rings. The molecule has 1 aromatic carbocycles. The summed E-state index contributed by atoms with van der Waals surface area (Å²) in [6.07, 6.45) is 4.26. The number of nitrogens with zero attached hydrogens (tertiary/aromatic N) is 1. The number of rotatable bonds is 4. The first-order chi connectivity index (χ1) is 12.1. The van der Waals surface area contributed by atoms with E-state index in [1.165, 1.54) is 17.8 Å². The maximum absolute atomic E-state index is 12.5. The van der Waals surface area contributed by atoms with Crippen LogP contribution in [-0.4, -0.2) is 29.8 Å². The second-order valence-electron chi connectivity index (χ2n) is 6.12. The van der Waals surface area contributed by atoms with Gasteiger partial charge in [-0.15, -0.1) is 11.3 Å². The van der Waals surface area contributed by atoms with Crippen molar-refractivity contribution in [2.45, 2.75) is 32.6 Å². The van der Waals surface area contributed by atoms with Crippen molar-refractivity contribution in [1.82, 2.24) is 4.90 Å². The van der Waals surface area contributed by atoms with E-state index in [-0.39, 0.29) is 11.8 Å². The molecular weight excluding hydrogens is 400 g/mol.